The molecule has 0 aromatic rings. The fourth-order valence-electron chi connectivity index (χ4n) is 11.5. The Morgan fingerprint density at radius 3 is 1.15 bits per heavy atom. The van der Waals surface area contributed by atoms with Gasteiger partial charge in [0, 0.05) is 6.42 Å². The van der Waals surface area contributed by atoms with E-state index >= 15 is 0 Å². The maximum atomic E-state index is 13.3. The van der Waals surface area contributed by atoms with Gasteiger partial charge in [0.05, 0.1) is 32.0 Å². The van der Waals surface area contributed by atoms with Crippen LogP contribution in [0.15, 0.2) is 12.2 Å². The van der Waals surface area contributed by atoms with Crippen LogP contribution in [0.25, 0.3) is 0 Å². The summed E-state index contributed by atoms with van der Waals surface area (Å²) in [6.07, 6.45) is 45.4. The SMILES string of the molecule is CCCCCCCCCCCCCCCCCCCCCC/C=C/C(O)C(COC1OC(CO)C(OC2OC(CO)C(O)C(O)C2O)C(O)C1O)NC(=O)CCCCCCCCCCCCCCCCCCCCCCCCCC. The van der Waals surface area contributed by atoms with E-state index in [4.69, 9.17) is 18.9 Å². The van der Waals surface area contributed by atoms with E-state index in [2.05, 4.69) is 19.2 Å². The molecule has 2 rings (SSSR count). The molecular weight excluding hydrogens is 1010 g/mol. The van der Waals surface area contributed by atoms with Gasteiger partial charge in [0.25, 0.3) is 0 Å². The van der Waals surface area contributed by atoms with E-state index in [1.165, 1.54) is 244 Å². The Labute approximate surface area is 488 Å². The third-order valence-corrected chi connectivity index (χ3v) is 17.0. The van der Waals surface area contributed by atoms with E-state index in [1.54, 1.807) is 6.08 Å². The molecule has 474 valence electrons. The minimum absolute atomic E-state index is 0.231. The van der Waals surface area contributed by atoms with Gasteiger partial charge in [-0.25, -0.2) is 0 Å². The number of allylic oxidation sites excluding steroid dienone is 1. The molecule has 80 heavy (non-hydrogen) atoms. The second kappa shape index (κ2) is 52.1. The third-order valence-electron chi connectivity index (χ3n) is 17.0. The van der Waals surface area contributed by atoms with Gasteiger partial charge < -0.3 is 65.1 Å². The molecule has 0 aromatic carbocycles. The van der Waals surface area contributed by atoms with Crippen molar-refractivity contribution in [2.45, 2.75) is 383 Å². The first-order valence-electron chi connectivity index (χ1n) is 33.9. The summed E-state index contributed by atoms with van der Waals surface area (Å²) < 4.78 is 22.9. The van der Waals surface area contributed by atoms with Gasteiger partial charge in [-0.3, -0.25) is 4.79 Å². The fraction of sp³-hybridized carbons (Fsp3) is 0.955. The van der Waals surface area contributed by atoms with Crippen LogP contribution in [0, 0.1) is 0 Å². The van der Waals surface area contributed by atoms with E-state index in [1.807, 2.05) is 6.08 Å². The summed E-state index contributed by atoms with van der Waals surface area (Å²) in [5, 5.41) is 87.4. The van der Waals surface area contributed by atoms with Crippen molar-refractivity contribution in [3.63, 3.8) is 0 Å². The van der Waals surface area contributed by atoms with Crippen LogP contribution < -0.4 is 5.32 Å². The van der Waals surface area contributed by atoms with Crippen molar-refractivity contribution in [2.24, 2.45) is 0 Å². The van der Waals surface area contributed by atoms with Crippen LogP contribution in [0.1, 0.15) is 309 Å². The van der Waals surface area contributed by atoms with Crippen molar-refractivity contribution in [3.8, 4) is 0 Å². The molecule has 0 radical (unpaired) electrons. The number of ether oxygens (including phenoxy) is 4. The zero-order valence-electron chi connectivity index (χ0n) is 51.4. The van der Waals surface area contributed by atoms with Crippen LogP contribution in [0.2, 0.25) is 0 Å². The molecule has 0 saturated carbocycles. The number of unbranched alkanes of at least 4 members (excludes halogenated alkanes) is 43. The highest BCUT2D eigenvalue weighted by molar-refractivity contribution is 5.76. The molecular formula is C66H127NO13. The van der Waals surface area contributed by atoms with E-state index in [0.717, 1.165) is 38.5 Å². The molecule has 12 unspecified atom stereocenters. The normalized spacial score (nSPS) is 24.2. The second-order valence-electron chi connectivity index (χ2n) is 24.3. The average molecular weight is 1140 g/mol. The van der Waals surface area contributed by atoms with E-state index in [-0.39, 0.29) is 18.9 Å². The lowest BCUT2D eigenvalue weighted by Gasteiger charge is -2.46. The predicted molar refractivity (Wildman–Crippen MR) is 323 cm³/mol. The smallest absolute Gasteiger partial charge is 0.220 e. The van der Waals surface area contributed by atoms with Crippen molar-refractivity contribution in [1.82, 2.24) is 5.32 Å². The minimum Gasteiger partial charge on any atom is -0.394 e. The highest BCUT2D eigenvalue weighted by Gasteiger charge is 2.51. The van der Waals surface area contributed by atoms with E-state index in [9.17, 15) is 45.6 Å². The zero-order chi connectivity index (χ0) is 58.1. The quantitative estimate of drug-likeness (QED) is 0.0204. The number of aliphatic hydroxyl groups excluding tert-OH is 8. The Hall–Kier alpha value is -1.27. The molecule has 9 N–H and O–H groups in total. The number of aliphatic hydroxyl groups is 8. The van der Waals surface area contributed by atoms with Crippen molar-refractivity contribution in [3.05, 3.63) is 12.2 Å². The lowest BCUT2D eigenvalue weighted by Crippen LogP contribution is -2.65. The molecule has 12 atom stereocenters. The third kappa shape index (κ3) is 36.5. The molecule has 1 amide bonds. The first-order chi connectivity index (χ1) is 39.1. The van der Waals surface area contributed by atoms with Gasteiger partial charge in [-0.15, -0.1) is 0 Å². The number of amides is 1. The molecule has 14 nitrogen and oxygen atoms in total. The van der Waals surface area contributed by atoms with Gasteiger partial charge in [0.2, 0.25) is 5.91 Å². The standard InChI is InChI=1S/C66H127NO13/c1-3-5-7-9-11-13-15-17-19-21-23-25-27-28-30-32-34-36-38-40-42-44-46-48-50-58(71)67-54(53-77-65-63(76)61(74)64(57(52-69)79-65)80-66-62(75)60(73)59(72)56(51-68)78-66)55(70)49-47-45-43-41-39-37-35-33-31-29-26-24-22-20-18-16-14-12-10-8-6-4-2/h47,49,54-57,59-66,68-70,72-76H,3-46,48,50-53H2,1-2H3,(H,67,71)/b49-47+. The largest absolute Gasteiger partial charge is 0.394 e. The van der Waals surface area contributed by atoms with Gasteiger partial charge >= 0.3 is 0 Å². The molecule has 0 aromatic heterocycles. The summed E-state index contributed by atoms with van der Waals surface area (Å²) in [7, 11) is 0. The zero-order valence-corrected chi connectivity index (χ0v) is 51.4. The Balaban J connectivity index is 1.70. The lowest BCUT2D eigenvalue weighted by molar-refractivity contribution is -0.359. The predicted octanol–water partition coefficient (Wildman–Crippen LogP) is 13.0. The van der Waals surface area contributed by atoms with Gasteiger partial charge in [0.15, 0.2) is 12.6 Å². The summed E-state index contributed by atoms with van der Waals surface area (Å²) in [6.45, 7) is 2.86. The first kappa shape index (κ1) is 74.8. The van der Waals surface area contributed by atoms with Crippen molar-refractivity contribution in [2.75, 3.05) is 19.8 Å². The van der Waals surface area contributed by atoms with Crippen LogP contribution >= 0.6 is 0 Å². The Kier molecular flexibility index (Phi) is 48.7. The van der Waals surface area contributed by atoms with Gasteiger partial charge in [0.1, 0.15) is 48.8 Å². The molecule has 0 bridgehead atoms. The highest BCUT2D eigenvalue weighted by atomic mass is 16.7. The highest BCUT2D eigenvalue weighted by Crippen LogP contribution is 2.30. The number of hydrogen-bond acceptors (Lipinski definition) is 13. The summed E-state index contributed by atoms with van der Waals surface area (Å²) in [4.78, 5) is 13.3. The summed E-state index contributed by atoms with van der Waals surface area (Å²) in [6, 6.07) is -0.911. The topological polar surface area (TPSA) is 228 Å². The number of nitrogens with one attached hydrogen (secondary N) is 1. The minimum atomic E-state index is -1.79. The molecule has 2 saturated heterocycles. The van der Waals surface area contributed by atoms with Gasteiger partial charge in [-0.1, -0.05) is 296 Å². The van der Waals surface area contributed by atoms with Gasteiger partial charge in [-0.05, 0) is 19.3 Å². The number of carbonyl (C=O) groups is 1. The number of rotatable bonds is 56. The van der Waals surface area contributed by atoms with Crippen LogP contribution in [0.4, 0.5) is 0 Å². The molecule has 2 heterocycles. The van der Waals surface area contributed by atoms with Crippen LogP contribution in [0.5, 0.6) is 0 Å². The lowest BCUT2D eigenvalue weighted by atomic mass is 9.97. The van der Waals surface area contributed by atoms with Crippen LogP contribution in [-0.2, 0) is 23.7 Å². The average Bonchev–Trinajstić information content (AvgIpc) is 3.46. The van der Waals surface area contributed by atoms with Crippen molar-refractivity contribution >= 4 is 5.91 Å². The number of hydrogen-bond donors (Lipinski definition) is 9. The molecule has 2 aliphatic rings. The van der Waals surface area contributed by atoms with E-state index in [0.29, 0.717) is 6.42 Å². The maximum Gasteiger partial charge on any atom is 0.220 e. The Bertz CT molecular complexity index is 1390. The van der Waals surface area contributed by atoms with Crippen LogP contribution in [-0.4, -0.2) is 140 Å². The maximum absolute atomic E-state index is 13.3. The summed E-state index contributed by atoms with van der Waals surface area (Å²) in [5.74, 6) is -0.231. The van der Waals surface area contributed by atoms with Crippen molar-refractivity contribution < 1.29 is 64.6 Å². The molecule has 0 aliphatic carbocycles. The van der Waals surface area contributed by atoms with Crippen molar-refractivity contribution in [1.29, 1.82) is 0 Å². The Morgan fingerprint density at radius 1 is 0.438 bits per heavy atom. The fourth-order valence-corrected chi connectivity index (χ4v) is 11.5. The monoisotopic (exact) mass is 1140 g/mol. The summed E-state index contributed by atoms with van der Waals surface area (Å²) in [5.41, 5.74) is 0. The molecule has 14 heteroatoms. The Morgan fingerprint density at radius 2 is 0.775 bits per heavy atom. The molecule has 0 spiro atoms. The summed E-state index contributed by atoms with van der Waals surface area (Å²) >= 11 is 0. The number of carbonyl (C=O) groups excluding carboxylic acids is 1. The molecule has 2 aliphatic heterocycles. The van der Waals surface area contributed by atoms with Gasteiger partial charge in [-0.2, -0.15) is 0 Å². The van der Waals surface area contributed by atoms with E-state index < -0.39 is 86.8 Å². The second-order valence-corrected chi connectivity index (χ2v) is 24.3. The first-order valence-corrected chi connectivity index (χ1v) is 33.9. The molecule has 2 fully saturated rings. The van der Waals surface area contributed by atoms with Crippen LogP contribution in [0.3, 0.4) is 0 Å².